The number of carbonyl (C=O) groups is 1. The molecule has 2 fully saturated rings. The molecule has 1 aliphatic heterocycles. The van der Waals surface area contributed by atoms with Crippen LogP contribution in [0.4, 0.5) is 5.69 Å². The lowest BCUT2D eigenvalue weighted by Gasteiger charge is -2.40. The van der Waals surface area contributed by atoms with Crippen LogP contribution in [0, 0.1) is 0 Å². The highest BCUT2D eigenvalue weighted by Crippen LogP contribution is 2.44. The maximum Gasteiger partial charge on any atom is 0.246 e. The second kappa shape index (κ2) is 8.40. The molecule has 0 atom stereocenters. The molecular formula is C23H28N2O4S. The number of ether oxygens (including phenoxy) is 1. The van der Waals surface area contributed by atoms with Crippen molar-refractivity contribution in [2.75, 3.05) is 25.5 Å². The summed E-state index contributed by atoms with van der Waals surface area (Å²) in [4.78, 5) is 13.3. The minimum absolute atomic E-state index is 0.0913. The van der Waals surface area contributed by atoms with Gasteiger partial charge in [0.15, 0.2) is 0 Å². The van der Waals surface area contributed by atoms with Gasteiger partial charge in [-0.2, -0.15) is 4.31 Å². The zero-order valence-electron chi connectivity index (χ0n) is 17.3. The molecule has 0 unspecified atom stereocenters. The minimum atomic E-state index is -3.69. The summed E-state index contributed by atoms with van der Waals surface area (Å²) in [5.41, 5.74) is 0.926. The summed E-state index contributed by atoms with van der Waals surface area (Å²) in [7, 11) is -2.23. The van der Waals surface area contributed by atoms with Crippen molar-refractivity contribution in [3.05, 3.63) is 54.1 Å². The first kappa shape index (κ1) is 20.9. The van der Waals surface area contributed by atoms with E-state index in [1.54, 1.807) is 12.1 Å². The number of carbonyl (C=O) groups excluding carboxylic acids is 1. The number of benzene rings is 2. The molecule has 1 saturated carbocycles. The van der Waals surface area contributed by atoms with Crippen molar-refractivity contribution in [3.8, 4) is 5.75 Å². The van der Waals surface area contributed by atoms with Crippen LogP contribution >= 0.6 is 0 Å². The Morgan fingerprint density at radius 3 is 2.30 bits per heavy atom. The molecule has 1 amide bonds. The van der Waals surface area contributed by atoms with E-state index in [2.05, 4.69) is 5.32 Å². The third-order valence-corrected chi connectivity index (χ3v) is 8.24. The zero-order chi connectivity index (χ0) is 21.2. The van der Waals surface area contributed by atoms with Gasteiger partial charge in [-0.05, 0) is 49.4 Å². The van der Waals surface area contributed by atoms with Crippen LogP contribution in [-0.4, -0.2) is 38.8 Å². The van der Waals surface area contributed by atoms with E-state index in [9.17, 15) is 13.2 Å². The SMILES string of the molecule is COc1ccc(NC(=O)C2(c3ccccc3)CCC2)cc1S(=O)(=O)N1CCCCC1. The molecule has 0 bridgehead atoms. The van der Waals surface area contributed by atoms with Gasteiger partial charge in [0.25, 0.3) is 0 Å². The van der Waals surface area contributed by atoms with Crippen molar-refractivity contribution < 1.29 is 17.9 Å². The van der Waals surface area contributed by atoms with Crippen molar-refractivity contribution in [2.24, 2.45) is 0 Å². The number of nitrogens with one attached hydrogen (secondary N) is 1. The number of hydrogen-bond donors (Lipinski definition) is 1. The Labute approximate surface area is 178 Å². The molecule has 0 radical (unpaired) electrons. The van der Waals surface area contributed by atoms with Crippen LogP contribution in [0.1, 0.15) is 44.1 Å². The molecule has 1 aliphatic carbocycles. The number of rotatable bonds is 6. The van der Waals surface area contributed by atoms with Gasteiger partial charge in [-0.3, -0.25) is 4.79 Å². The summed E-state index contributed by atoms with van der Waals surface area (Å²) in [6.07, 6.45) is 5.34. The number of methoxy groups -OCH3 is 1. The highest BCUT2D eigenvalue weighted by atomic mass is 32.2. The lowest BCUT2D eigenvalue weighted by Crippen LogP contribution is -2.46. The van der Waals surface area contributed by atoms with Crippen LogP contribution in [0.15, 0.2) is 53.4 Å². The summed E-state index contributed by atoms with van der Waals surface area (Å²) in [5, 5.41) is 2.97. The van der Waals surface area contributed by atoms with E-state index in [0.29, 0.717) is 24.5 Å². The third kappa shape index (κ3) is 3.72. The van der Waals surface area contributed by atoms with Gasteiger partial charge >= 0.3 is 0 Å². The van der Waals surface area contributed by atoms with E-state index < -0.39 is 15.4 Å². The Bertz CT molecular complexity index is 1010. The third-order valence-electron chi connectivity index (χ3n) is 6.32. The van der Waals surface area contributed by atoms with Gasteiger partial charge in [0, 0.05) is 18.8 Å². The second-order valence-corrected chi connectivity index (χ2v) is 9.99. The van der Waals surface area contributed by atoms with Crippen LogP contribution in [-0.2, 0) is 20.2 Å². The van der Waals surface area contributed by atoms with Crippen molar-refractivity contribution in [3.63, 3.8) is 0 Å². The molecule has 2 aromatic carbocycles. The van der Waals surface area contributed by atoms with Gasteiger partial charge in [0.2, 0.25) is 15.9 Å². The van der Waals surface area contributed by atoms with Crippen molar-refractivity contribution in [1.82, 2.24) is 4.31 Å². The number of amides is 1. The fourth-order valence-corrected chi connectivity index (χ4v) is 6.08. The molecule has 30 heavy (non-hydrogen) atoms. The number of nitrogens with zero attached hydrogens (tertiary/aromatic N) is 1. The van der Waals surface area contributed by atoms with Crippen molar-refractivity contribution in [1.29, 1.82) is 0 Å². The Morgan fingerprint density at radius 2 is 1.70 bits per heavy atom. The van der Waals surface area contributed by atoms with Crippen LogP contribution < -0.4 is 10.1 Å². The fourth-order valence-electron chi connectivity index (χ4n) is 4.39. The Morgan fingerprint density at radius 1 is 1.00 bits per heavy atom. The predicted molar refractivity (Wildman–Crippen MR) is 116 cm³/mol. The van der Waals surface area contributed by atoms with Gasteiger partial charge in [-0.1, -0.05) is 43.2 Å². The molecule has 2 aliphatic rings. The summed E-state index contributed by atoms with van der Waals surface area (Å²) in [6, 6.07) is 14.6. The van der Waals surface area contributed by atoms with Crippen LogP contribution in [0.2, 0.25) is 0 Å². The molecule has 1 heterocycles. The first-order valence-electron chi connectivity index (χ1n) is 10.5. The molecule has 4 rings (SSSR count). The standard InChI is InChI=1S/C23H28N2O4S/c1-29-20-12-11-19(17-21(20)30(27,28)25-15-6-3-7-16-25)24-22(26)23(13-8-14-23)18-9-4-2-5-10-18/h2,4-5,9-12,17H,3,6-8,13-16H2,1H3,(H,24,26). The average Bonchev–Trinajstić information content (AvgIpc) is 2.74. The number of hydrogen-bond acceptors (Lipinski definition) is 4. The highest BCUT2D eigenvalue weighted by Gasteiger charge is 2.45. The molecule has 7 heteroatoms. The van der Waals surface area contributed by atoms with Gasteiger partial charge in [-0.15, -0.1) is 0 Å². The molecule has 1 N–H and O–H groups in total. The van der Waals surface area contributed by atoms with Crippen molar-refractivity contribution in [2.45, 2.75) is 48.8 Å². The number of anilines is 1. The largest absolute Gasteiger partial charge is 0.495 e. The Hall–Kier alpha value is -2.38. The number of sulfonamides is 1. The molecule has 0 aromatic heterocycles. The highest BCUT2D eigenvalue weighted by molar-refractivity contribution is 7.89. The maximum atomic E-state index is 13.2. The summed E-state index contributed by atoms with van der Waals surface area (Å²) < 4.78 is 33.3. The molecular weight excluding hydrogens is 400 g/mol. The van der Waals surface area contributed by atoms with Crippen LogP contribution in [0.3, 0.4) is 0 Å². The summed E-state index contributed by atoms with van der Waals surface area (Å²) >= 11 is 0. The van der Waals surface area contributed by atoms with E-state index in [1.807, 2.05) is 30.3 Å². The van der Waals surface area contributed by atoms with Crippen LogP contribution in [0.5, 0.6) is 5.75 Å². The molecule has 1 saturated heterocycles. The number of piperidine rings is 1. The normalized spacial score (nSPS) is 19.0. The molecule has 2 aromatic rings. The fraction of sp³-hybridized carbons (Fsp3) is 0.435. The monoisotopic (exact) mass is 428 g/mol. The Kier molecular flexibility index (Phi) is 5.84. The first-order chi connectivity index (χ1) is 14.5. The lowest BCUT2D eigenvalue weighted by molar-refractivity contribution is -0.124. The van der Waals surface area contributed by atoms with Gasteiger partial charge < -0.3 is 10.1 Å². The van der Waals surface area contributed by atoms with Gasteiger partial charge in [0.1, 0.15) is 10.6 Å². The van der Waals surface area contributed by atoms with Crippen molar-refractivity contribution >= 4 is 21.6 Å². The van der Waals surface area contributed by atoms with Gasteiger partial charge in [0.05, 0.1) is 12.5 Å². The maximum absolute atomic E-state index is 13.2. The van der Waals surface area contributed by atoms with E-state index in [0.717, 1.165) is 44.1 Å². The van der Waals surface area contributed by atoms with E-state index >= 15 is 0 Å². The molecule has 0 spiro atoms. The van der Waals surface area contributed by atoms with Crippen LogP contribution in [0.25, 0.3) is 0 Å². The van der Waals surface area contributed by atoms with E-state index in [-0.39, 0.29) is 10.8 Å². The zero-order valence-corrected chi connectivity index (χ0v) is 18.1. The van der Waals surface area contributed by atoms with E-state index in [1.165, 1.54) is 17.5 Å². The molecule has 6 nitrogen and oxygen atoms in total. The minimum Gasteiger partial charge on any atom is -0.495 e. The summed E-state index contributed by atoms with van der Waals surface area (Å²) in [5.74, 6) is 0.200. The quantitative estimate of drug-likeness (QED) is 0.756. The predicted octanol–water partition coefficient (Wildman–Crippen LogP) is 3.93. The Balaban J connectivity index is 1.63. The second-order valence-electron chi connectivity index (χ2n) is 8.09. The lowest BCUT2D eigenvalue weighted by atomic mass is 9.64. The first-order valence-corrected chi connectivity index (χ1v) is 12.0. The van der Waals surface area contributed by atoms with Gasteiger partial charge in [-0.25, -0.2) is 8.42 Å². The molecule has 160 valence electrons. The topological polar surface area (TPSA) is 75.7 Å². The smallest absolute Gasteiger partial charge is 0.246 e. The summed E-state index contributed by atoms with van der Waals surface area (Å²) in [6.45, 7) is 1.03. The average molecular weight is 429 g/mol. The van der Waals surface area contributed by atoms with E-state index in [4.69, 9.17) is 4.74 Å².